The van der Waals surface area contributed by atoms with Crippen molar-refractivity contribution in [1.29, 1.82) is 0 Å². The summed E-state index contributed by atoms with van der Waals surface area (Å²) in [6.45, 7) is 0.390. The fraction of sp³-hybridized carbons (Fsp3) is 1.00. The van der Waals surface area contributed by atoms with Gasteiger partial charge in [0.2, 0.25) is 0 Å². The maximum Gasteiger partial charge on any atom is 0.187 e. The number of unbranched alkanes of at least 4 members (excludes halogenated alkanes) is 1. The molecule has 0 amide bonds. The first kappa shape index (κ1) is 10.4. The van der Waals surface area contributed by atoms with Crippen LogP contribution in [0, 0.1) is 0 Å². The summed E-state index contributed by atoms with van der Waals surface area (Å²) >= 11 is 0. The molecule has 0 rings (SSSR count). The van der Waals surface area contributed by atoms with Crippen LogP contribution in [0.25, 0.3) is 0 Å². The summed E-state index contributed by atoms with van der Waals surface area (Å²) in [5.41, 5.74) is 0. The molecule has 2 nitrogen and oxygen atoms in total. The first-order chi connectivity index (χ1) is 2.91. The van der Waals surface area contributed by atoms with Gasteiger partial charge in [0.05, 0.1) is 0 Å². The van der Waals surface area contributed by atoms with Crippen LogP contribution >= 0.6 is 0 Å². The van der Waals surface area contributed by atoms with E-state index in [1.54, 1.807) is 0 Å². The zero-order chi connectivity index (χ0) is 4.83. The highest BCUT2D eigenvalue weighted by molar-refractivity contribution is 5.75. The Balaban J connectivity index is 0. The van der Waals surface area contributed by atoms with E-state index in [1.807, 2.05) is 0 Å². The van der Waals surface area contributed by atoms with E-state index in [-0.39, 0.29) is 30.6 Å². The van der Waals surface area contributed by atoms with E-state index in [1.165, 1.54) is 0 Å². The predicted molar refractivity (Wildman–Crippen MR) is 33.3 cm³/mol. The van der Waals surface area contributed by atoms with E-state index in [2.05, 4.69) is 0 Å². The quantitative estimate of drug-likeness (QED) is 0.354. The Kier molecular flexibility index (Phi) is 14.4. The Bertz CT molecular complexity index is 21.7. The molecule has 3 heteroatoms. The lowest BCUT2D eigenvalue weighted by atomic mass is 10.3. The lowest BCUT2D eigenvalue weighted by molar-refractivity contribution is 0.242. The van der Waals surface area contributed by atoms with Crippen molar-refractivity contribution >= 4 is 17.4 Å². The number of rotatable bonds is 3. The van der Waals surface area contributed by atoms with Gasteiger partial charge in [-0.3, -0.25) is 0 Å². The van der Waals surface area contributed by atoms with Crippen molar-refractivity contribution in [3.05, 3.63) is 0 Å². The van der Waals surface area contributed by atoms with Crippen molar-refractivity contribution in [3.63, 3.8) is 0 Å². The predicted octanol–water partition coefficient (Wildman–Crippen LogP) is -1.43. The Labute approximate surface area is 54.3 Å². The van der Waals surface area contributed by atoms with E-state index >= 15 is 0 Å². The summed E-state index contributed by atoms with van der Waals surface area (Å²) in [6, 6.07) is 0. The fourth-order valence-electron chi connectivity index (χ4n) is 0.224. The topological polar surface area (TPSA) is 40.5 Å². The van der Waals surface area contributed by atoms with Crippen LogP contribution in [0.15, 0.2) is 0 Å². The van der Waals surface area contributed by atoms with E-state index in [9.17, 15) is 0 Å². The number of hydrogen-bond donors (Lipinski definition) is 2. The molecular weight excluding hydrogens is 107 g/mol. The van der Waals surface area contributed by atoms with Gasteiger partial charge in [-0.05, 0) is 12.8 Å². The fourth-order valence-corrected chi connectivity index (χ4v) is 0.224. The average molecular weight is 120 g/mol. The van der Waals surface area contributed by atoms with Gasteiger partial charge in [-0.2, -0.15) is 0 Å². The first-order valence-electron chi connectivity index (χ1n) is 2.13. The van der Waals surface area contributed by atoms with Crippen LogP contribution in [0.3, 0.4) is 0 Å². The molecule has 0 fully saturated rings. The molecule has 0 heterocycles. The van der Waals surface area contributed by atoms with Crippen LogP contribution in [0.1, 0.15) is 12.8 Å². The highest BCUT2D eigenvalue weighted by Gasteiger charge is 1.77. The average Bonchev–Trinajstić information content (AvgIpc) is 1.61. The first-order valence-corrected chi connectivity index (χ1v) is 2.13. The van der Waals surface area contributed by atoms with Crippen LogP contribution in [-0.4, -0.2) is 40.8 Å². The van der Waals surface area contributed by atoms with Crippen LogP contribution < -0.4 is 0 Å². The van der Waals surface area contributed by atoms with Crippen LogP contribution in [0.4, 0.5) is 0 Å². The highest BCUT2D eigenvalue weighted by atomic mass is 27.0. The van der Waals surface area contributed by atoms with E-state index in [0.717, 1.165) is 12.8 Å². The normalized spacial score (nSPS) is 7.71. The van der Waals surface area contributed by atoms with E-state index in [4.69, 9.17) is 10.2 Å². The third-order valence-electron chi connectivity index (χ3n) is 0.566. The number of aliphatic hydroxyl groups excluding tert-OH is 2. The van der Waals surface area contributed by atoms with Crippen molar-refractivity contribution in [1.82, 2.24) is 0 Å². The molecule has 0 unspecified atom stereocenters. The van der Waals surface area contributed by atoms with Gasteiger partial charge < -0.3 is 10.2 Å². The maximum absolute atomic E-state index is 8.09. The van der Waals surface area contributed by atoms with Crippen molar-refractivity contribution in [2.24, 2.45) is 0 Å². The summed E-state index contributed by atoms with van der Waals surface area (Å²) in [5, 5.41) is 16.2. The lowest BCUT2D eigenvalue weighted by Crippen LogP contribution is -1.85. The highest BCUT2D eigenvalue weighted by Crippen LogP contribution is 1.80. The molecule has 0 radical (unpaired) electrons. The van der Waals surface area contributed by atoms with Gasteiger partial charge in [0.15, 0.2) is 17.4 Å². The zero-order valence-corrected chi connectivity index (χ0v) is 3.72. The summed E-state index contributed by atoms with van der Waals surface area (Å²) in [4.78, 5) is 0. The van der Waals surface area contributed by atoms with E-state index in [0.29, 0.717) is 0 Å². The minimum atomic E-state index is 0. The Hall–Kier alpha value is 0.452. The van der Waals surface area contributed by atoms with Crippen molar-refractivity contribution in [2.75, 3.05) is 13.2 Å². The molecule has 7 heavy (non-hydrogen) atoms. The molecular formula is C4H13AlO2. The molecule has 0 aliphatic carbocycles. The third kappa shape index (κ3) is 10.7. The van der Waals surface area contributed by atoms with Crippen molar-refractivity contribution in [2.45, 2.75) is 12.8 Å². The summed E-state index contributed by atoms with van der Waals surface area (Å²) in [7, 11) is 0. The Morgan fingerprint density at radius 1 is 0.857 bits per heavy atom. The van der Waals surface area contributed by atoms with E-state index < -0.39 is 0 Å². The second-order valence-electron chi connectivity index (χ2n) is 1.15. The second kappa shape index (κ2) is 9.68. The monoisotopic (exact) mass is 120 g/mol. The SMILES string of the molecule is OCCCCO.[AlH3]. The van der Waals surface area contributed by atoms with Gasteiger partial charge in [0.25, 0.3) is 0 Å². The molecule has 0 aliphatic rings. The molecule has 0 aromatic carbocycles. The van der Waals surface area contributed by atoms with Crippen molar-refractivity contribution < 1.29 is 10.2 Å². The molecule has 44 valence electrons. The standard InChI is InChI=1S/C4H10O2.Al.3H/c5-3-1-2-4-6;;;;/h5-6H,1-4H2;;;;. The molecule has 0 saturated carbocycles. The molecule has 0 saturated heterocycles. The smallest absolute Gasteiger partial charge is 0.187 e. The van der Waals surface area contributed by atoms with Crippen LogP contribution in [0.2, 0.25) is 0 Å². The zero-order valence-electron chi connectivity index (χ0n) is 3.72. The minimum Gasteiger partial charge on any atom is -0.396 e. The molecule has 0 spiro atoms. The lowest BCUT2D eigenvalue weighted by Gasteiger charge is -1.85. The van der Waals surface area contributed by atoms with Crippen LogP contribution in [-0.2, 0) is 0 Å². The summed E-state index contributed by atoms with van der Waals surface area (Å²) < 4.78 is 0. The van der Waals surface area contributed by atoms with Gasteiger partial charge >= 0.3 is 0 Å². The molecule has 0 aromatic heterocycles. The Morgan fingerprint density at radius 3 is 1.29 bits per heavy atom. The van der Waals surface area contributed by atoms with Gasteiger partial charge in [-0.15, -0.1) is 0 Å². The van der Waals surface area contributed by atoms with Gasteiger partial charge in [-0.25, -0.2) is 0 Å². The largest absolute Gasteiger partial charge is 0.396 e. The summed E-state index contributed by atoms with van der Waals surface area (Å²) in [5.74, 6) is 0. The molecule has 0 aliphatic heterocycles. The maximum atomic E-state index is 8.09. The number of hydrogen-bond acceptors (Lipinski definition) is 2. The van der Waals surface area contributed by atoms with Gasteiger partial charge in [0.1, 0.15) is 0 Å². The van der Waals surface area contributed by atoms with Gasteiger partial charge in [-0.1, -0.05) is 0 Å². The van der Waals surface area contributed by atoms with Crippen LogP contribution in [0.5, 0.6) is 0 Å². The Morgan fingerprint density at radius 2 is 1.14 bits per heavy atom. The molecule has 0 atom stereocenters. The number of aliphatic hydroxyl groups is 2. The molecule has 0 bridgehead atoms. The molecule has 2 N–H and O–H groups in total. The third-order valence-corrected chi connectivity index (χ3v) is 0.566. The second-order valence-corrected chi connectivity index (χ2v) is 1.15. The molecule has 0 aromatic rings. The minimum absolute atomic E-state index is 0. The summed E-state index contributed by atoms with van der Waals surface area (Å²) in [6.07, 6.45) is 1.44. The van der Waals surface area contributed by atoms with Crippen molar-refractivity contribution in [3.8, 4) is 0 Å². The van der Waals surface area contributed by atoms with Gasteiger partial charge in [0, 0.05) is 13.2 Å².